The van der Waals surface area contributed by atoms with Gasteiger partial charge >= 0.3 is 0 Å². The van der Waals surface area contributed by atoms with Crippen molar-refractivity contribution < 1.29 is 0 Å². The first-order valence-electron chi connectivity index (χ1n) is 6.43. The van der Waals surface area contributed by atoms with E-state index in [1.165, 1.54) is 4.90 Å². The van der Waals surface area contributed by atoms with Crippen molar-refractivity contribution in [3.8, 4) is 0 Å². The maximum atomic E-state index is 6.27. The Morgan fingerprint density at radius 3 is 2.85 bits per heavy atom. The average Bonchev–Trinajstić information content (AvgIpc) is 2.83. The van der Waals surface area contributed by atoms with Gasteiger partial charge < -0.3 is 5.32 Å². The number of aromatic nitrogens is 2. The molecule has 2 rings (SSSR count). The predicted octanol–water partition coefficient (Wildman–Crippen LogP) is 4.37. The zero-order valence-corrected chi connectivity index (χ0v) is 14.6. The van der Waals surface area contributed by atoms with Gasteiger partial charge in [-0.2, -0.15) is 5.10 Å². The number of halogens is 2. The number of nitrogens with one attached hydrogen (secondary N) is 1. The highest BCUT2D eigenvalue weighted by atomic mass is 79.9. The van der Waals surface area contributed by atoms with Gasteiger partial charge in [-0.25, -0.2) is 0 Å². The molecule has 1 aromatic carbocycles. The SMILES string of the molecule is CCn1ncc(Cl)c1C(CSc1ccccc1Br)NC. The molecule has 0 fully saturated rings. The zero-order valence-electron chi connectivity index (χ0n) is 11.4. The van der Waals surface area contributed by atoms with Gasteiger partial charge in [0.1, 0.15) is 0 Å². The number of rotatable bonds is 6. The molecule has 1 N–H and O–H groups in total. The molecule has 0 aliphatic rings. The van der Waals surface area contributed by atoms with Crippen molar-refractivity contribution in [3.05, 3.63) is 45.7 Å². The van der Waals surface area contributed by atoms with Crippen LogP contribution in [0.4, 0.5) is 0 Å². The molecule has 3 nitrogen and oxygen atoms in total. The van der Waals surface area contributed by atoms with Gasteiger partial charge in [-0.3, -0.25) is 4.68 Å². The molecule has 1 heterocycles. The Morgan fingerprint density at radius 2 is 2.20 bits per heavy atom. The Morgan fingerprint density at radius 1 is 1.45 bits per heavy atom. The van der Waals surface area contributed by atoms with Crippen LogP contribution < -0.4 is 5.32 Å². The molecular weight excluding hydrogens is 358 g/mol. The predicted molar refractivity (Wildman–Crippen MR) is 89.6 cm³/mol. The molecule has 0 amide bonds. The maximum absolute atomic E-state index is 6.27. The Hall–Kier alpha value is -0.490. The van der Waals surface area contributed by atoms with Crippen LogP contribution in [-0.2, 0) is 6.54 Å². The van der Waals surface area contributed by atoms with Gasteiger partial charge in [-0.1, -0.05) is 23.7 Å². The normalized spacial score (nSPS) is 12.6. The van der Waals surface area contributed by atoms with E-state index >= 15 is 0 Å². The minimum absolute atomic E-state index is 0.169. The monoisotopic (exact) mass is 373 g/mol. The zero-order chi connectivity index (χ0) is 14.5. The Balaban J connectivity index is 2.13. The van der Waals surface area contributed by atoms with Gasteiger partial charge in [-0.05, 0) is 42.0 Å². The molecular formula is C14H17BrClN3S. The van der Waals surface area contributed by atoms with Crippen LogP contribution in [0.1, 0.15) is 18.7 Å². The van der Waals surface area contributed by atoms with Crippen LogP contribution >= 0.6 is 39.3 Å². The molecule has 2 aromatic rings. The molecule has 20 heavy (non-hydrogen) atoms. The fourth-order valence-electron chi connectivity index (χ4n) is 2.00. The maximum Gasteiger partial charge on any atom is 0.0834 e. The average molecular weight is 375 g/mol. The van der Waals surface area contributed by atoms with Crippen molar-refractivity contribution in [2.24, 2.45) is 0 Å². The fraction of sp³-hybridized carbons (Fsp3) is 0.357. The fourth-order valence-corrected chi connectivity index (χ4v) is 3.96. The molecule has 0 aliphatic carbocycles. The first-order chi connectivity index (χ1) is 9.67. The first kappa shape index (κ1) is 15.9. The molecule has 1 aromatic heterocycles. The van der Waals surface area contributed by atoms with Crippen LogP contribution in [0.15, 0.2) is 39.8 Å². The van der Waals surface area contributed by atoms with Crippen molar-refractivity contribution in [3.63, 3.8) is 0 Å². The number of hydrogen-bond acceptors (Lipinski definition) is 3. The van der Waals surface area contributed by atoms with Crippen molar-refractivity contribution in [2.75, 3.05) is 12.8 Å². The lowest BCUT2D eigenvalue weighted by molar-refractivity contribution is 0.549. The molecule has 0 spiro atoms. The van der Waals surface area contributed by atoms with Crippen molar-refractivity contribution in [1.82, 2.24) is 15.1 Å². The Bertz CT molecular complexity index is 573. The summed E-state index contributed by atoms with van der Waals surface area (Å²) in [5.41, 5.74) is 1.05. The summed E-state index contributed by atoms with van der Waals surface area (Å²) < 4.78 is 3.07. The van der Waals surface area contributed by atoms with Gasteiger partial charge in [0.25, 0.3) is 0 Å². The van der Waals surface area contributed by atoms with Gasteiger partial charge in [0.2, 0.25) is 0 Å². The highest BCUT2D eigenvalue weighted by molar-refractivity contribution is 9.10. The van der Waals surface area contributed by atoms with Gasteiger partial charge in [-0.15, -0.1) is 11.8 Å². The first-order valence-corrected chi connectivity index (χ1v) is 8.58. The molecule has 108 valence electrons. The summed E-state index contributed by atoms with van der Waals surface area (Å²) in [4.78, 5) is 1.23. The number of hydrogen-bond donors (Lipinski definition) is 1. The summed E-state index contributed by atoms with van der Waals surface area (Å²) in [6.45, 7) is 2.89. The second kappa shape index (κ2) is 7.50. The second-order valence-corrected chi connectivity index (χ2v) is 6.60. The van der Waals surface area contributed by atoms with Crippen molar-refractivity contribution in [1.29, 1.82) is 0 Å². The van der Waals surface area contributed by atoms with Crippen LogP contribution in [0.3, 0.4) is 0 Å². The third-order valence-corrected chi connectivity index (χ3v) is 5.47. The summed E-state index contributed by atoms with van der Waals surface area (Å²) in [5.74, 6) is 0.893. The third-order valence-electron chi connectivity index (χ3n) is 3.05. The van der Waals surface area contributed by atoms with Crippen LogP contribution in [0.5, 0.6) is 0 Å². The Kier molecular flexibility index (Phi) is 5.96. The van der Waals surface area contributed by atoms with E-state index in [4.69, 9.17) is 11.6 Å². The number of benzene rings is 1. The van der Waals surface area contributed by atoms with Gasteiger partial charge in [0, 0.05) is 21.7 Å². The van der Waals surface area contributed by atoms with Gasteiger partial charge in [0.15, 0.2) is 0 Å². The van der Waals surface area contributed by atoms with Crippen molar-refractivity contribution >= 4 is 39.3 Å². The molecule has 1 unspecified atom stereocenters. The number of aryl methyl sites for hydroxylation is 1. The van der Waals surface area contributed by atoms with E-state index in [0.29, 0.717) is 0 Å². The van der Waals surface area contributed by atoms with E-state index in [1.807, 2.05) is 23.9 Å². The van der Waals surface area contributed by atoms with E-state index in [0.717, 1.165) is 27.5 Å². The molecule has 0 saturated carbocycles. The highest BCUT2D eigenvalue weighted by Crippen LogP contribution is 2.32. The second-order valence-electron chi connectivity index (χ2n) is 4.28. The molecule has 1 atom stereocenters. The summed E-state index contributed by atoms with van der Waals surface area (Å²) >= 11 is 11.6. The highest BCUT2D eigenvalue weighted by Gasteiger charge is 2.19. The molecule has 0 bridgehead atoms. The number of nitrogens with zero attached hydrogens (tertiary/aromatic N) is 2. The van der Waals surface area contributed by atoms with E-state index < -0.39 is 0 Å². The lowest BCUT2D eigenvalue weighted by Crippen LogP contribution is -2.22. The Labute approximate surface area is 137 Å². The van der Waals surface area contributed by atoms with Crippen LogP contribution in [0.2, 0.25) is 5.02 Å². The molecule has 0 saturated heterocycles. The molecule has 0 aliphatic heterocycles. The minimum atomic E-state index is 0.169. The lowest BCUT2D eigenvalue weighted by atomic mass is 10.2. The standard InChI is InChI=1S/C14H17BrClN3S/c1-3-19-14(11(16)8-18-19)12(17-2)9-20-13-7-5-4-6-10(13)15/h4-8,12,17H,3,9H2,1-2H3. The van der Waals surface area contributed by atoms with E-state index in [-0.39, 0.29) is 6.04 Å². The number of thioether (sulfide) groups is 1. The van der Waals surface area contributed by atoms with Crippen LogP contribution in [0, 0.1) is 0 Å². The van der Waals surface area contributed by atoms with E-state index in [2.05, 4.69) is 45.4 Å². The topological polar surface area (TPSA) is 29.9 Å². The lowest BCUT2D eigenvalue weighted by Gasteiger charge is -2.18. The van der Waals surface area contributed by atoms with Crippen molar-refractivity contribution in [2.45, 2.75) is 24.4 Å². The van der Waals surface area contributed by atoms with E-state index in [9.17, 15) is 0 Å². The minimum Gasteiger partial charge on any atom is -0.311 e. The molecule has 0 radical (unpaired) electrons. The van der Waals surface area contributed by atoms with E-state index in [1.54, 1.807) is 18.0 Å². The van der Waals surface area contributed by atoms with Gasteiger partial charge in [0.05, 0.1) is 23.0 Å². The smallest absolute Gasteiger partial charge is 0.0834 e. The summed E-state index contributed by atoms with van der Waals surface area (Å²) in [7, 11) is 1.95. The molecule has 6 heteroatoms. The summed E-state index contributed by atoms with van der Waals surface area (Å²) in [6.07, 6.45) is 1.72. The quantitative estimate of drug-likeness (QED) is 0.761. The largest absolute Gasteiger partial charge is 0.311 e. The summed E-state index contributed by atoms with van der Waals surface area (Å²) in [6, 6.07) is 8.40. The van der Waals surface area contributed by atoms with Crippen LogP contribution in [-0.4, -0.2) is 22.6 Å². The summed E-state index contributed by atoms with van der Waals surface area (Å²) in [5, 5.41) is 8.35. The van der Waals surface area contributed by atoms with Crippen LogP contribution in [0.25, 0.3) is 0 Å². The third kappa shape index (κ3) is 3.58.